The third-order valence-corrected chi connectivity index (χ3v) is 4.72. The Morgan fingerprint density at radius 3 is 1.93 bits per heavy atom. The van der Waals surface area contributed by atoms with Gasteiger partial charge in [0.05, 0.1) is 12.2 Å². The zero-order valence-corrected chi connectivity index (χ0v) is 17.4. The van der Waals surface area contributed by atoms with Gasteiger partial charge in [-0.3, -0.25) is 0 Å². The van der Waals surface area contributed by atoms with E-state index in [-0.39, 0.29) is 17.2 Å². The summed E-state index contributed by atoms with van der Waals surface area (Å²) in [5, 5.41) is 27.5. The first-order valence-electron chi connectivity index (χ1n) is 9.65. The largest absolute Gasteiger partial charge is 0.491 e. The number of nitrogens with zero attached hydrogens (tertiary/aromatic N) is 4. The molecule has 2 rings (SSSR count). The van der Waals surface area contributed by atoms with E-state index in [1.807, 2.05) is 42.5 Å². The van der Waals surface area contributed by atoms with E-state index in [2.05, 4.69) is 18.7 Å². The molecule has 0 amide bonds. The molecule has 1 atom stereocenters. The quantitative estimate of drug-likeness (QED) is 0.436. The first-order valence-corrected chi connectivity index (χ1v) is 9.65. The molecule has 0 aliphatic carbocycles. The predicted octanol–water partition coefficient (Wildman–Crippen LogP) is 4.97. The fourth-order valence-corrected chi connectivity index (χ4v) is 2.98. The van der Waals surface area contributed by atoms with E-state index in [0.717, 1.165) is 23.5 Å². The molecule has 152 valence electrons. The van der Waals surface area contributed by atoms with Gasteiger partial charge in [0.2, 0.25) is 0 Å². The van der Waals surface area contributed by atoms with E-state index in [1.54, 1.807) is 31.4 Å². The Balaban J connectivity index is 2.35. The van der Waals surface area contributed by atoms with Crippen molar-refractivity contribution in [2.75, 3.05) is 25.2 Å². The van der Waals surface area contributed by atoms with Crippen LogP contribution >= 0.6 is 0 Å². The van der Waals surface area contributed by atoms with E-state index < -0.39 is 0 Å². The van der Waals surface area contributed by atoms with Gasteiger partial charge < -0.3 is 14.4 Å². The highest BCUT2D eigenvalue weighted by Gasteiger charge is 2.16. The fraction of sp³-hybridized carbons (Fsp3) is 0.292. The molecular weight excluding hydrogens is 376 g/mol. The van der Waals surface area contributed by atoms with Crippen LogP contribution in [0, 0.1) is 34.0 Å². The number of nitriles is 3. The lowest BCUT2D eigenvalue weighted by Gasteiger charge is -2.31. The van der Waals surface area contributed by atoms with Gasteiger partial charge in [0.25, 0.3) is 0 Å². The minimum absolute atomic E-state index is 0.0826. The van der Waals surface area contributed by atoms with Gasteiger partial charge >= 0.3 is 0 Å². The second-order valence-electron chi connectivity index (χ2n) is 6.59. The molecule has 30 heavy (non-hydrogen) atoms. The molecule has 0 aliphatic heterocycles. The van der Waals surface area contributed by atoms with Crippen LogP contribution in [-0.2, 0) is 4.74 Å². The summed E-state index contributed by atoms with van der Waals surface area (Å²) in [6.07, 6.45) is 0.935. The molecule has 0 aromatic heterocycles. The summed E-state index contributed by atoms with van der Waals surface area (Å²) in [7, 11) is 1.64. The van der Waals surface area contributed by atoms with Crippen molar-refractivity contribution in [3.05, 3.63) is 59.7 Å². The third kappa shape index (κ3) is 5.39. The predicted molar refractivity (Wildman–Crippen MR) is 116 cm³/mol. The lowest BCUT2D eigenvalue weighted by atomic mass is 10.0. The monoisotopic (exact) mass is 400 g/mol. The molecule has 0 saturated heterocycles. The van der Waals surface area contributed by atoms with Crippen LogP contribution in [0.4, 0.5) is 11.4 Å². The Kier molecular flexibility index (Phi) is 8.45. The molecule has 0 N–H and O–H groups in total. The number of hydrogen-bond donors (Lipinski definition) is 0. The van der Waals surface area contributed by atoms with Gasteiger partial charge in [-0.15, -0.1) is 0 Å². The third-order valence-electron chi connectivity index (χ3n) is 4.72. The summed E-state index contributed by atoms with van der Waals surface area (Å²) in [6, 6.07) is 20.9. The second-order valence-corrected chi connectivity index (χ2v) is 6.59. The van der Waals surface area contributed by atoms with Gasteiger partial charge in [-0.2, -0.15) is 15.8 Å². The SMILES string of the molecule is CCC(C)N(c1ccc(OCCOC)cc1)c1ccc(C(C#N)=C(C#N)C#N)cc1. The van der Waals surface area contributed by atoms with Crippen LogP contribution in [0.25, 0.3) is 5.57 Å². The van der Waals surface area contributed by atoms with E-state index in [4.69, 9.17) is 20.0 Å². The average molecular weight is 400 g/mol. The Morgan fingerprint density at radius 1 is 0.900 bits per heavy atom. The number of allylic oxidation sites excluding steroid dienone is 2. The highest BCUT2D eigenvalue weighted by molar-refractivity contribution is 5.85. The number of rotatable bonds is 9. The van der Waals surface area contributed by atoms with Crippen LogP contribution in [0.3, 0.4) is 0 Å². The Labute approximate surface area is 177 Å². The van der Waals surface area contributed by atoms with E-state index in [0.29, 0.717) is 18.8 Å². The summed E-state index contributed by atoms with van der Waals surface area (Å²) < 4.78 is 10.6. The minimum atomic E-state index is -0.187. The number of benzene rings is 2. The van der Waals surface area contributed by atoms with Crippen molar-refractivity contribution in [2.45, 2.75) is 26.3 Å². The highest BCUT2D eigenvalue weighted by atomic mass is 16.5. The Hall–Kier alpha value is -3.79. The first kappa shape index (κ1) is 22.5. The van der Waals surface area contributed by atoms with Crippen LogP contribution in [0.5, 0.6) is 5.75 Å². The lowest BCUT2D eigenvalue weighted by molar-refractivity contribution is 0.146. The van der Waals surface area contributed by atoms with Crippen molar-refractivity contribution in [1.29, 1.82) is 15.8 Å². The molecule has 2 aromatic carbocycles. The van der Waals surface area contributed by atoms with Gasteiger partial charge in [0.1, 0.15) is 36.1 Å². The highest BCUT2D eigenvalue weighted by Crippen LogP contribution is 2.31. The van der Waals surface area contributed by atoms with Gasteiger partial charge in [-0.05, 0) is 55.3 Å². The van der Waals surface area contributed by atoms with Crippen molar-refractivity contribution in [3.8, 4) is 24.0 Å². The smallest absolute Gasteiger partial charge is 0.148 e. The summed E-state index contributed by atoms with van der Waals surface area (Å²) in [6.45, 7) is 5.29. The maximum absolute atomic E-state index is 9.36. The molecule has 1 unspecified atom stereocenters. The van der Waals surface area contributed by atoms with Crippen molar-refractivity contribution < 1.29 is 9.47 Å². The Morgan fingerprint density at radius 2 is 1.47 bits per heavy atom. The van der Waals surface area contributed by atoms with E-state index >= 15 is 0 Å². The molecule has 0 radical (unpaired) electrons. The molecule has 0 heterocycles. The number of methoxy groups -OCH3 is 1. The van der Waals surface area contributed by atoms with Crippen molar-refractivity contribution in [2.24, 2.45) is 0 Å². The normalized spacial score (nSPS) is 10.8. The average Bonchev–Trinajstić information content (AvgIpc) is 2.79. The maximum Gasteiger partial charge on any atom is 0.148 e. The van der Waals surface area contributed by atoms with Crippen LogP contribution in [0.2, 0.25) is 0 Å². The summed E-state index contributed by atoms with van der Waals surface area (Å²) in [4.78, 5) is 2.20. The number of anilines is 2. The van der Waals surface area contributed by atoms with Crippen LogP contribution in [-0.4, -0.2) is 26.4 Å². The number of hydrogen-bond acceptors (Lipinski definition) is 6. The molecule has 0 spiro atoms. The molecule has 0 saturated carbocycles. The van der Waals surface area contributed by atoms with Crippen LogP contribution in [0.1, 0.15) is 25.8 Å². The standard InChI is InChI=1S/C24H24N4O2/c1-4-18(2)28(22-9-11-23(12-10-22)30-14-13-29-3)21-7-5-19(6-8-21)24(17-27)20(15-25)16-26/h5-12,18H,4,13-14H2,1-3H3. The molecular formula is C24H24N4O2. The van der Waals surface area contributed by atoms with Crippen LogP contribution < -0.4 is 9.64 Å². The second kappa shape index (κ2) is 11.3. The molecule has 0 bridgehead atoms. The molecule has 0 fully saturated rings. The van der Waals surface area contributed by atoms with Gasteiger partial charge in [0, 0.05) is 24.5 Å². The van der Waals surface area contributed by atoms with Crippen LogP contribution in [0.15, 0.2) is 54.1 Å². The topological polar surface area (TPSA) is 93.1 Å². The summed E-state index contributed by atoms with van der Waals surface area (Å²) >= 11 is 0. The first-order chi connectivity index (χ1) is 14.6. The molecule has 6 heteroatoms. The molecule has 6 nitrogen and oxygen atoms in total. The van der Waals surface area contributed by atoms with Gasteiger partial charge in [-0.1, -0.05) is 19.1 Å². The van der Waals surface area contributed by atoms with Crippen molar-refractivity contribution >= 4 is 16.9 Å². The zero-order valence-electron chi connectivity index (χ0n) is 17.4. The lowest BCUT2D eigenvalue weighted by Crippen LogP contribution is -2.27. The van der Waals surface area contributed by atoms with E-state index in [1.165, 1.54) is 0 Å². The summed E-state index contributed by atoms with van der Waals surface area (Å²) in [5.41, 5.74) is 2.41. The van der Waals surface area contributed by atoms with Crippen molar-refractivity contribution in [3.63, 3.8) is 0 Å². The summed E-state index contributed by atoms with van der Waals surface area (Å²) in [5.74, 6) is 0.777. The molecule has 0 aliphatic rings. The van der Waals surface area contributed by atoms with E-state index in [9.17, 15) is 5.26 Å². The number of ether oxygens (including phenoxy) is 2. The maximum atomic E-state index is 9.36. The Bertz CT molecular complexity index is 974. The zero-order chi connectivity index (χ0) is 21.9. The van der Waals surface area contributed by atoms with Gasteiger partial charge in [0.15, 0.2) is 0 Å². The van der Waals surface area contributed by atoms with Crippen molar-refractivity contribution in [1.82, 2.24) is 0 Å². The fourth-order valence-electron chi connectivity index (χ4n) is 2.98. The molecule has 2 aromatic rings. The van der Waals surface area contributed by atoms with Gasteiger partial charge in [-0.25, -0.2) is 0 Å². The minimum Gasteiger partial charge on any atom is -0.491 e.